The molecule has 0 saturated carbocycles. The van der Waals surface area contributed by atoms with Crippen LogP contribution in [0.5, 0.6) is 0 Å². The number of carbonyl (C=O) groups is 2. The van der Waals surface area contributed by atoms with Gasteiger partial charge in [-0.25, -0.2) is 19.7 Å². The van der Waals surface area contributed by atoms with Gasteiger partial charge in [-0.05, 0) is 0 Å². The first-order chi connectivity index (χ1) is 10.1. The third kappa shape index (κ3) is 4.66. The minimum Gasteiger partial charge on any atom is -0.480 e. The van der Waals surface area contributed by atoms with Gasteiger partial charge in [0.15, 0.2) is 5.65 Å². The van der Waals surface area contributed by atoms with E-state index in [1.54, 1.807) is 0 Å². The number of H-pyrrole nitrogens is 1. The number of rotatable bonds is 3. The zero-order valence-corrected chi connectivity index (χ0v) is 10.7. The summed E-state index contributed by atoms with van der Waals surface area (Å²) in [6.45, 7) is 0. The summed E-state index contributed by atoms with van der Waals surface area (Å²) in [6.07, 6.45) is -2.11. The molecule has 0 aromatic carbocycles. The van der Waals surface area contributed by atoms with Gasteiger partial charge in [0.1, 0.15) is 17.9 Å². The Kier molecular flexibility index (Phi) is 5.34. The molecule has 0 radical (unpaired) electrons. The minimum atomic E-state index is -5.08. The van der Waals surface area contributed by atoms with Crippen LogP contribution in [-0.4, -0.2) is 54.3 Å². The zero-order chi connectivity index (χ0) is 16.9. The Morgan fingerprint density at radius 1 is 1.27 bits per heavy atom. The molecule has 22 heavy (non-hydrogen) atoms. The fraction of sp³-hybridized carbons (Fsp3) is 0.300. The van der Waals surface area contributed by atoms with Crippen LogP contribution in [0.2, 0.25) is 0 Å². The van der Waals surface area contributed by atoms with Crippen molar-refractivity contribution in [2.24, 2.45) is 5.73 Å². The highest BCUT2D eigenvalue weighted by molar-refractivity contribution is 5.76. The molecule has 0 spiro atoms. The van der Waals surface area contributed by atoms with Crippen molar-refractivity contribution in [3.63, 3.8) is 0 Å². The predicted octanol–water partition coefficient (Wildman–Crippen LogP) is -0.0594. The van der Waals surface area contributed by atoms with E-state index >= 15 is 0 Å². The highest BCUT2D eigenvalue weighted by Crippen LogP contribution is 2.13. The Morgan fingerprint density at radius 2 is 1.86 bits per heavy atom. The van der Waals surface area contributed by atoms with E-state index in [1.165, 1.54) is 12.7 Å². The van der Waals surface area contributed by atoms with Crippen LogP contribution in [-0.2, 0) is 16.0 Å². The second kappa shape index (κ2) is 6.80. The van der Waals surface area contributed by atoms with Crippen molar-refractivity contribution in [1.82, 2.24) is 19.9 Å². The average molecular weight is 321 g/mol. The van der Waals surface area contributed by atoms with E-state index in [1.807, 2.05) is 0 Å². The van der Waals surface area contributed by atoms with E-state index in [4.69, 9.17) is 20.7 Å². The molecule has 1 unspecified atom stereocenters. The van der Waals surface area contributed by atoms with Crippen LogP contribution < -0.4 is 5.73 Å². The van der Waals surface area contributed by atoms with Crippen molar-refractivity contribution in [1.29, 1.82) is 0 Å². The van der Waals surface area contributed by atoms with Crippen molar-refractivity contribution in [2.75, 3.05) is 0 Å². The Labute approximate surface area is 120 Å². The van der Waals surface area contributed by atoms with Crippen molar-refractivity contribution >= 4 is 23.1 Å². The molecule has 0 aliphatic carbocycles. The van der Waals surface area contributed by atoms with Crippen molar-refractivity contribution in [3.8, 4) is 0 Å². The number of halogens is 3. The number of hydrogen-bond donors (Lipinski definition) is 4. The lowest BCUT2D eigenvalue weighted by molar-refractivity contribution is -0.192. The smallest absolute Gasteiger partial charge is 0.480 e. The lowest BCUT2D eigenvalue weighted by Gasteiger charge is -2.05. The van der Waals surface area contributed by atoms with Crippen LogP contribution in [0.1, 0.15) is 5.69 Å². The number of carboxylic acid groups (broad SMARTS) is 2. The van der Waals surface area contributed by atoms with Crippen molar-refractivity contribution < 1.29 is 33.0 Å². The van der Waals surface area contributed by atoms with E-state index < -0.39 is 24.2 Å². The fourth-order valence-corrected chi connectivity index (χ4v) is 1.27. The third-order valence-electron chi connectivity index (χ3n) is 2.27. The second-order valence-corrected chi connectivity index (χ2v) is 3.87. The Morgan fingerprint density at radius 3 is 2.36 bits per heavy atom. The molecule has 2 rings (SSSR count). The van der Waals surface area contributed by atoms with Crippen LogP contribution in [0, 0.1) is 0 Å². The largest absolute Gasteiger partial charge is 0.490 e. The summed E-state index contributed by atoms with van der Waals surface area (Å²) in [5.74, 6) is -3.81. The number of nitrogens with two attached hydrogens (primary N) is 1. The normalized spacial score (nSPS) is 12.4. The van der Waals surface area contributed by atoms with Gasteiger partial charge in [0.2, 0.25) is 0 Å². The molecular formula is C10H10F3N5O4. The van der Waals surface area contributed by atoms with Crippen LogP contribution in [0.25, 0.3) is 11.2 Å². The topological polar surface area (TPSA) is 155 Å². The number of carboxylic acids is 2. The maximum atomic E-state index is 10.6. The number of aromatic amines is 1. The van der Waals surface area contributed by atoms with Crippen LogP contribution in [0.15, 0.2) is 12.7 Å². The number of imidazole rings is 1. The lowest BCUT2D eigenvalue weighted by atomic mass is 10.1. The average Bonchev–Trinajstić information content (AvgIpc) is 2.87. The van der Waals surface area contributed by atoms with Crippen LogP contribution in [0.3, 0.4) is 0 Å². The molecule has 0 fully saturated rings. The van der Waals surface area contributed by atoms with Gasteiger partial charge in [-0.3, -0.25) is 4.79 Å². The quantitative estimate of drug-likeness (QED) is 0.612. The summed E-state index contributed by atoms with van der Waals surface area (Å²) in [5.41, 5.74) is 7.12. The van der Waals surface area contributed by atoms with Crippen LogP contribution >= 0.6 is 0 Å². The molecule has 9 nitrogen and oxygen atoms in total. The Bertz CT molecular complexity index is 672. The summed E-state index contributed by atoms with van der Waals surface area (Å²) < 4.78 is 31.7. The van der Waals surface area contributed by atoms with Gasteiger partial charge < -0.3 is 20.9 Å². The number of alkyl halides is 3. The van der Waals surface area contributed by atoms with Gasteiger partial charge in [0.25, 0.3) is 0 Å². The van der Waals surface area contributed by atoms with E-state index in [9.17, 15) is 18.0 Å². The van der Waals surface area contributed by atoms with E-state index in [2.05, 4.69) is 19.9 Å². The standard InChI is InChI=1S/C8H9N5O2.C2HF3O2/c9-4(8(14)15)1-5-6-7(12-2-10-5)13-3-11-6;3-2(4,5)1(6)7/h2-4H,1,9H2,(H,14,15)(H,10,11,12,13);(H,6,7). The molecule has 2 heterocycles. The van der Waals surface area contributed by atoms with Gasteiger partial charge in [0, 0.05) is 6.42 Å². The van der Waals surface area contributed by atoms with E-state index in [0.29, 0.717) is 16.9 Å². The zero-order valence-electron chi connectivity index (χ0n) is 10.7. The third-order valence-corrected chi connectivity index (χ3v) is 2.27. The van der Waals surface area contributed by atoms with E-state index in [-0.39, 0.29) is 6.42 Å². The maximum Gasteiger partial charge on any atom is 0.490 e. The molecule has 120 valence electrons. The highest BCUT2D eigenvalue weighted by atomic mass is 19.4. The highest BCUT2D eigenvalue weighted by Gasteiger charge is 2.38. The summed E-state index contributed by atoms with van der Waals surface area (Å²) in [4.78, 5) is 34.2. The van der Waals surface area contributed by atoms with Gasteiger partial charge in [0.05, 0.1) is 12.0 Å². The molecule has 1 atom stereocenters. The molecule has 0 aliphatic rings. The lowest BCUT2D eigenvalue weighted by Crippen LogP contribution is -2.32. The first-order valence-corrected chi connectivity index (χ1v) is 5.54. The van der Waals surface area contributed by atoms with Crippen LogP contribution in [0.4, 0.5) is 13.2 Å². The Hall–Kier alpha value is -2.76. The van der Waals surface area contributed by atoms with Crippen molar-refractivity contribution in [3.05, 3.63) is 18.3 Å². The molecule has 0 amide bonds. The van der Waals surface area contributed by atoms with Gasteiger partial charge in [-0.1, -0.05) is 0 Å². The number of aromatic nitrogens is 4. The number of hydrogen-bond acceptors (Lipinski definition) is 6. The van der Waals surface area contributed by atoms with Gasteiger partial charge >= 0.3 is 18.1 Å². The molecule has 2 aromatic rings. The number of nitrogens with zero attached hydrogens (tertiary/aromatic N) is 3. The molecular weight excluding hydrogens is 311 g/mol. The fourth-order valence-electron chi connectivity index (χ4n) is 1.27. The second-order valence-electron chi connectivity index (χ2n) is 3.87. The minimum absolute atomic E-state index is 0.149. The number of aliphatic carboxylic acids is 2. The number of nitrogens with one attached hydrogen (secondary N) is 1. The molecule has 0 bridgehead atoms. The predicted molar refractivity (Wildman–Crippen MR) is 64.7 cm³/mol. The summed E-state index contributed by atoms with van der Waals surface area (Å²) in [6, 6.07) is -0.966. The first kappa shape index (κ1) is 17.3. The monoisotopic (exact) mass is 321 g/mol. The summed E-state index contributed by atoms with van der Waals surface area (Å²) in [5, 5.41) is 15.8. The van der Waals surface area contributed by atoms with E-state index in [0.717, 1.165) is 0 Å². The maximum absolute atomic E-state index is 10.6. The molecule has 2 aromatic heterocycles. The molecule has 0 aliphatic heterocycles. The molecule has 5 N–H and O–H groups in total. The SMILES string of the molecule is NC(Cc1ncnc2nc[nH]c12)C(=O)O.O=C(O)C(F)(F)F. The first-order valence-electron chi connectivity index (χ1n) is 5.54. The van der Waals surface area contributed by atoms with Crippen molar-refractivity contribution in [2.45, 2.75) is 18.6 Å². The summed E-state index contributed by atoms with van der Waals surface area (Å²) >= 11 is 0. The van der Waals surface area contributed by atoms with Gasteiger partial charge in [-0.15, -0.1) is 0 Å². The summed E-state index contributed by atoms with van der Waals surface area (Å²) in [7, 11) is 0. The molecule has 12 heteroatoms. The van der Waals surface area contributed by atoms with Gasteiger partial charge in [-0.2, -0.15) is 13.2 Å². The molecule has 0 saturated heterocycles. The number of fused-ring (bicyclic) bond motifs is 1. The Balaban J connectivity index is 0.000000295.